The number of fused-ring (bicyclic) bond motifs is 1. The summed E-state index contributed by atoms with van der Waals surface area (Å²) in [4.78, 5) is 38.3. The molecule has 30 heavy (non-hydrogen) atoms. The van der Waals surface area contributed by atoms with E-state index in [-0.39, 0.29) is 11.5 Å². The van der Waals surface area contributed by atoms with Gasteiger partial charge < -0.3 is 5.32 Å². The lowest BCUT2D eigenvalue weighted by atomic mass is 10.1. The molecule has 3 aromatic heterocycles. The lowest BCUT2D eigenvalue weighted by Gasteiger charge is -2.11. The van der Waals surface area contributed by atoms with Crippen LogP contribution in [0.5, 0.6) is 0 Å². The van der Waals surface area contributed by atoms with Crippen LogP contribution in [0.1, 0.15) is 29.3 Å². The Bertz CT molecular complexity index is 1230. The Labute approximate surface area is 173 Å². The van der Waals surface area contributed by atoms with Crippen LogP contribution < -0.4 is 10.9 Å². The molecule has 150 valence electrons. The normalized spacial score (nSPS) is 10.8. The monoisotopic (exact) mass is 399 g/mol. The maximum atomic E-state index is 13.0. The molecule has 7 heteroatoms. The molecule has 1 N–H and O–H groups in total. The number of benzene rings is 1. The van der Waals surface area contributed by atoms with Crippen LogP contribution in [-0.4, -0.2) is 25.4 Å². The van der Waals surface area contributed by atoms with Crippen LogP contribution in [0, 0.1) is 0 Å². The molecule has 0 fully saturated rings. The smallest absolute Gasteiger partial charge is 0.278 e. The second kappa shape index (κ2) is 8.65. The predicted molar refractivity (Wildman–Crippen MR) is 115 cm³/mol. The van der Waals surface area contributed by atoms with Gasteiger partial charge in [-0.2, -0.15) is 0 Å². The van der Waals surface area contributed by atoms with Gasteiger partial charge in [-0.1, -0.05) is 25.1 Å². The fourth-order valence-electron chi connectivity index (χ4n) is 3.26. The third kappa shape index (κ3) is 3.96. The fraction of sp³-hybridized carbons (Fsp3) is 0.174. The van der Waals surface area contributed by atoms with Gasteiger partial charge in [0.15, 0.2) is 5.65 Å². The van der Waals surface area contributed by atoms with E-state index in [1.807, 2.05) is 25.1 Å². The van der Waals surface area contributed by atoms with Gasteiger partial charge >= 0.3 is 0 Å². The third-order valence-corrected chi connectivity index (χ3v) is 4.75. The van der Waals surface area contributed by atoms with Crippen LogP contribution in [0.15, 0.2) is 71.9 Å². The Kier molecular flexibility index (Phi) is 5.61. The molecule has 1 aromatic carbocycles. The van der Waals surface area contributed by atoms with Gasteiger partial charge in [0.25, 0.3) is 11.5 Å². The topological polar surface area (TPSA) is 89.8 Å². The Balaban J connectivity index is 1.61. The lowest BCUT2D eigenvalue weighted by Crippen LogP contribution is -2.24. The third-order valence-electron chi connectivity index (χ3n) is 4.75. The molecule has 0 unspecified atom stereocenters. The van der Waals surface area contributed by atoms with Crippen molar-refractivity contribution in [2.75, 3.05) is 0 Å². The minimum absolute atomic E-state index is 0.183. The van der Waals surface area contributed by atoms with Gasteiger partial charge in [-0.3, -0.25) is 19.1 Å². The average molecular weight is 399 g/mol. The molecule has 1 amide bonds. The number of rotatable bonds is 6. The van der Waals surface area contributed by atoms with E-state index in [1.165, 1.54) is 0 Å². The van der Waals surface area contributed by atoms with Gasteiger partial charge in [0.2, 0.25) is 0 Å². The van der Waals surface area contributed by atoms with Crippen molar-refractivity contribution in [2.45, 2.75) is 26.4 Å². The number of amides is 1. The van der Waals surface area contributed by atoms with Crippen molar-refractivity contribution in [1.29, 1.82) is 0 Å². The summed E-state index contributed by atoms with van der Waals surface area (Å²) < 4.78 is 1.66. The molecule has 4 aromatic rings. The summed E-state index contributed by atoms with van der Waals surface area (Å²) in [5.41, 5.74) is 3.52. The summed E-state index contributed by atoms with van der Waals surface area (Å²) in [6, 6.07) is 14.3. The van der Waals surface area contributed by atoms with Crippen molar-refractivity contribution < 1.29 is 4.79 Å². The highest BCUT2D eigenvalue weighted by molar-refractivity contribution is 5.94. The van der Waals surface area contributed by atoms with Crippen LogP contribution >= 0.6 is 0 Å². The van der Waals surface area contributed by atoms with E-state index in [0.29, 0.717) is 41.1 Å². The van der Waals surface area contributed by atoms with Gasteiger partial charge in [-0.15, -0.1) is 0 Å². The summed E-state index contributed by atoms with van der Waals surface area (Å²) in [5, 5.41) is 2.87. The average Bonchev–Trinajstić information content (AvgIpc) is 2.80. The van der Waals surface area contributed by atoms with E-state index < -0.39 is 0 Å². The van der Waals surface area contributed by atoms with Crippen LogP contribution in [0.2, 0.25) is 0 Å². The van der Waals surface area contributed by atoms with Crippen LogP contribution in [0.25, 0.3) is 22.4 Å². The van der Waals surface area contributed by atoms with Crippen molar-refractivity contribution in [3.8, 4) is 11.3 Å². The molecule has 0 radical (unpaired) electrons. The summed E-state index contributed by atoms with van der Waals surface area (Å²) >= 11 is 0. The zero-order chi connectivity index (χ0) is 20.9. The van der Waals surface area contributed by atoms with Crippen LogP contribution in [-0.2, 0) is 13.1 Å². The summed E-state index contributed by atoms with van der Waals surface area (Å²) in [5.74, 6) is -0.190. The molecule has 0 spiro atoms. The zero-order valence-electron chi connectivity index (χ0n) is 16.6. The highest BCUT2D eigenvalue weighted by Crippen LogP contribution is 2.18. The van der Waals surface area contributed by atoms with Gasteiger partial charge in [0.05, 0.1) is 0 Å². The lowest BCUT2D eigenvalue weighted by molar-refractivity contribution is 0.0951. The van der Waals surface area contributed by atoms with Crippen LogP contribution in [0.3, 0.4) is 0 Å². The quantitative estimate of drug-likeness (QED) is 0.538. The number of carbonyl (C=O) groups is 1. The first-order valence-electron chi connectivity index (χ1n) is 9.80. The fourth-order valence-corrected chi connectivity index (χ4v) is 3.26. The molecular formula is C23H21N5O2. The van der Waals surface area contributed by atoms with Crippen LogP contribution in [0.4, 0.5) is 0 Å². The first-order chi connectivity index (χ1) is 14.7. The molecular weight excluding hydrogens is 378 g/mol. The van der Waals surface area contributed by atoms with E-state index in [4.69, 9.17) is 0 Å². The molecule has 0 saturated heterocycles. The number of hydrogen-bond acceptors (Lipinski definition) is 5. The largest absolute Gasteiger partial charge is 0.348 e. The van der Waals surface area contributed by atoms with E-state index in [9.17, 15) is 9.59 Å². The number of pyridine rings is 2. The first kappa shape index (κ1) is 19.4. The molecule has 0 aliphatic carbocycles. The van der Waals surface area contributed by atoms with Crippen molar-refractivity contribution in [3.05, 3.63) is 88.6 Å². The number of hydrogen-bond donors (Lipinski definition) is 1. The molecule has 7 nitrogen and oxygen atoms in total. The van der Waals surface area contributed by atoms with Crippen molar-refractivity contribution >= 4 is 17.1 Å². The maximum Gasteiger partial charge on any atom is 0.278 e. The SMILES string of the molecule is CCCn1c(=O)c(-c2ccc(C(=O)NCc3cccnc3)cc2)nc2cccnc21. The number of carbonyl (C=O) groups excluding carboxylic acids is 1. The minimum Gasteiger partial charge on any atom is -0.348 e. The molecule has 0 atom stereocenters. The van der Waals surface area contributed by atoms with E-state index in [0.717, 1.165) is 12.0 Å². The number of nitrogens with one attached hydrogen (secondary N) is 1. The Morgan fingerprint density at radius 2 is 1.87 bits per heavy atom. The van der Waals surface area contributed by atoms with Gasteiger partial charge in [-0.05, 0) is 42.3 Å². The van der Waals surface area contributed by atoms with E-state index in [1.54, 1.807) is 53.5 Å². The van der Waals surface area contributed by atoms with Crippen molar-refractivity contribution in [3.63, 3.8) is 0 Å². The highest BCUT2D eigenvalue weighted by atomic mass is 16.1. The Morgan fingerprint density at radius 3 is 2.60 bits per heavy atom. The number of aromatic nitrogens is 4. The summed E-state index contributed by atoms with van der Waals surface area (Å²) in [6.45, 7) is 2.98. The maximum absolute atomic E-state index is 13.0. The second-order valence-electron chi connectivity index (χ2n) is 6.88. The van der Waals surface area contributed by atoms with E-state index in [2.05, 4.69) is 20.3 Å². The molecule has 0 saturated carbocycles. The molecule has 0 aliphatic rings. The summed E-state index contributed by atoms with van der Waals surface area (Å²) in [7, 11) is 0. The first-order valence-corrected chi connectivity index (χ1v) is 9.80. The molecule has 3 heterocycles. The Morgan fingerprint density at radius 1 is 1.07 bits per heavy atom. The van der Waals surface area contributed by atoms with Gasteiger partial charge in [-0.25, -0.2) is 9.97 Å². The van der Waals surface area contributed by atoms with Gasteiger partial charge in [0, 0.05) is 42.8 Å². The van der Waals surface area contributed by atoms with Crippen molar-refractivity contribution in [1.82, 2.24) is 24.8 Å². The van der Waals surface area contributed by atoms with E-state index >= 15 is 0 Å². The van der Waals surface area contributed by atoms with Gasteiger partial charge in [0.1, 0.15) is 11.2 Å². The standard InChI is InChI=1S/C23H21N5O2/c1-2-13-28-21-19(6-4-12-25-21)27-20(23(28)30)17-7-9-18(10-8-17)22(29)26-15-16-5-3-11-24-14-16/h3-12,14H,2,13,15H2,1H3,(H,26,29). The molecule has 0 bridgehead atoms. The Hall–Kier alpha value is -3.87. The highest BCUT2D eigenvalue weighted by Gasteiger charge is 2.14. The number of aryl methyl sites for hydroxylation is 1. The van der Waals surface area contributed by atoms with Crippen molar-refractivity contribution in [2.24, 2.45) is 0 Å². The molecule has 4 rings (SSSR count). The zero-order valence-corrected chi connectivity index (χ0v) is 16.6. The number of nitrogens with zero attached hydrogens (tertiary/aromatic N) is 4. The molecule has 0 aliphatic heterocycles. The second-order valence-corrected chi connectivity index (χ2v) is 6.88. The predicted octanol–water partition coefficient (Wildman–Crippen LogP) is 3.19. The summed E-state index contributed by atoms with van der Waals surface area (Å²) in [6.07, 6.45) is 5.87. The minimum atomic E-state index is -0.190.